The second kappa shape index (κ2) is 5.76. The van der Waals surface area contributed by atoms with Gasteiger partial charge in [0.2, 0.25) is 10.0 Å². The van der Waals surface area contributed by atoms with Crippen molar-refractivity contribution in [1.82, 2.24) is 9.88 Å². The van der Waals surface area contributed by atoms with Gasteiger partial charge in [-0.3, -0.25) is 4.79 Å². The first-order chi connectivity index (χ1) is 9.72. The number of sulfonamides is 1. The fraction of sp³-hybridized carbons (Fsp3) is 0.692. The summed E-state index contributed by atoms with van der Waals surface area (Å²) in [5.41, 5.74) is -1.13. The minimum Gasteiger partial charge on any atom is -0.480 e. The maximum Gasteiger partial charge on any atom is 0.324 e. The molecule has 1 heterocycles. The zero-order chi connectivity index (χ0) is 15.7. The number of aryl methyl sites for hydroxylation is 1. The van der Waals surface area contributed by atoms with Gasteiger partial charge in [0.25, 0.3) is 0 Å². The summed E-state index contributed by atoms with van der Waals surface area (Å²) in [5, 5.41) is 13.1. The van der Waals surface area contributed by atoms with E-state index in [4.69, 9.17) is 4.52 Å². The second-order valence-electron chi connectivity index (χ2n) is 5.86. The summed E-state index contributed by atoms with van der Waals surface area (Å²) in [7, 11) is -3.80. The van der Waals surface area contributed by atoms with Gasteiger partial charge in [0.05, 0.1) is 0 Å². The molecule has 1 aromatic rings. The van der Waals surface area contributed by atoms with Gasteiger partial charge in [-0.05, 0) is 38.5 Å². The Morgan fingerprint density at radius 3 is 2.62 bits per heavy atom. The van der Waals surface area contributed by atoms with Crippen LogP contribution in [0, 0.1) is 12.8 Å². The van der Waals surface area contributed by atoms with Crippen molar-refractivity contribution in [2.75, 3.05) is 0 Å². The van der Waals surface area contributed by atoms with Crippen LogP contribution in [0.1, 0.15) is 44.1 Å². The van der Waals surface area contributed by atoms with E-state index in [0.717, 1.165) is 0 Å². The van der Waals surface area contributed by atoms with Crippen LogP contribution in [-0.2, 0) is 20.6 Å². The van der Waals surface area contributed by atoms with Crippen LogP contribution >= 0.6 is 0 Å². The average molecular weight is 316 g/mol. The third-order valence-electron chi connectivity index (χ3n) is 3.90. The second-order valence-corrected chi connectivity index (χ2v) is 7.58. The van der Waals surface area contributed by atoms with Gasteiger partial charge in [-0.2, -0.15) is 4.72 Å². The fourth-order valence-electron chi connectivity index (χ4n) is 2.63. The minimum atomic E-state index is -3.80. The SMILES string of the molecule is Cc1cc(CS(=O)(=O)NC2(C(=O)O)CCC(C)CC2)no1. The number of aromatic nitrogens is 1. The van der Waals surface area contributed by atoms with Gasteiger partial charge in [-0.25, -0.2) is 8.42 Å². The van der Waals surface area contributed by atoms with Crippen molar-refractivity contribution in [3.8, 4) is 0 Å². The largest absolute Gasteiger partial charge is 0.480 e. The van der Waals surface area contributed by atoms with E-state index in [9.17, 15) is 18.3 Å². The maximum atomic E-state index is 12.2. The molecule has 8 heteroatoms. The molecule has 0 radical (unpaired) electrons. The van der Waals surface area contributed by atoms with Crippen LogP contribution in [-0.4, -0.2) is 30.2 Å². The van der Waals surface area contributed by atoms with E-state index in [0.29, 0.717) is 37.4 Å². The number of carbonyl (C=O) groups is 1. The molecule has 1 aromatic heterocycles. The molecule has 0 saturated heterocycles. The molecular formula is C13H20N2O5S. The summed E-state index contributed by atoms with van der Waals surface area (Å²) in [4.78, 5) is 11.6. The number of hydrogen-bond donors (Lipinski definition) is 2. The first-order valence-corrected chi connectivity index (χ1v) is 8.55. The smallest absolute Gasteiger partial charge is 0.324 e. The van der Waals surface area contributed by atoms with Crippen molar-refractivity contribution >= 4 is 16.0 Å². The van der Waals surface area contributed by atoms with Crippen LogP contribution in [0.4, 0.5) is 0 Å². The molecule has 1 aliphatic carbocycles. The minimum absolute atomic E-state index is 0.268. The number of nitrogens with one attached hydrogen (secondary N) is 1. The molecular weight excluding hydrogens is 296 g/mol. The first kappa shape index (κ1) is 16.0. The van der Waals surface area contributed by atoms with E-state index in [2.05, 4.69) is 9.88 Å². The van der Waals surface area contributed by atoms with Crippen molar-refractivity contribution in [1.29, 1.82) is 0 Å². The lowest BCUT2D eigenvalue weighted by molar-refractivity contribution is -0.145. The van der Waals surface area contributed by atoms with Gasteiger partial charge in [0, 0.05) is 6.07 Å². The van der Waals surface area contributed by atoms with Gasteiger partial charge in [0.1, 0.15) is 22.7 Å². The van der Waals surface area contributed by atoms with E-state index < -0.39 is 21.5 Å². The molecule has 0 aliphatic heterocycles. The van der Waals surface area contributed by atoms with Crippen LogP contribution in [0.2, 0.25) is 0 Å². The zero-order valence-corrected chi connectivity index (χ0v) is 12.9. The van der Waals surface area contributed by atoms with Crippen molar-refractivity contribution in [2.45, 2.75) is 50.8 Å². The maximum absolute atomic E-state index is 12.2. The molecule has 1 fully saturated rings. The van der Waals surface area contributed by atoms with Crippen LogP contribution < -0.4 is 4.72 Å². The van der Waals surface area contributed by atoms with Crippen molar-refractivity contribution in [2.24, 2.45) is 5.92 Å². The lowest BCUT2D eigenvalue weighted by Crippen LogP contribution is -2.56. The van der Waals surface area contributed by atoms with Gasteiger partial charge in [-0.1, -0.05) is 12.1 Å². The zero-order valence-electron chi connectivity index (χ0n) is 12.1. The van der Waals surface area contributed by atoms with Gasteiger partial charge in [0.15, 0.2) is 0 Å². The Bertz CT molecular complexity index is 614. The number of aliphatic carboxylic acids is 1. The Balaban J connectivity index is 2.14. The van der Waals surface area contributed by atoms with E-state index in [-0.39, 0.29) is 11.4 Å². The van der Waals surface area contributed by atoms with Gasteiger partial charge in [-0.15, -0.1) is 0 Å². The normalized spacial score (nSPS) is 26.7. The summed E-state index contributed by atoms with van der Waals surface area (Å²) >= 11 is 0. The molecule has 0 atom stereocenters. The number of nitrogens with zero attached hydrogens (tertiary/aromatic N) is 1. The molecule has 2 N–H and O–H groups in total. The summed E-state index contributed by atoms with van der Waals surface area (Å²) in [6, 6.07) is 1.52. The standard InChI is InChI=1S/C13H20N2O5S/c1-9-3-5-13(6-4-9,12(16)17)15-21(18,19)8-11-7-10(2)20-14-11/h7,9,15H,3-6,8H2,1-2H3,(H,16,17). The monoisotopic (exact) mass is 316 g/mol. The van der Waals surface area contributed by atoms with Crippen LogP contribution in [0.25, 0.3) is 0 Å². The Kier molecular flexibility index (Phi) is 4.38. The van der Waals surface area contributed by atoms with Crippen LogP contribution in [0.15, 0.2) is 10.6 Å². The quantitative estimate of drug-likeness (QED) is 0.850. The predicted octanol–water partition coefficient (Wildman–Crippen LogP) is 1.44. The van der Waals surface area contributed by atoms with Crippen LogP contribution in [0.5, 0.6) is 0 Å². The lowest BCUT2D eigenvalue weighted by atomic mass is 9.78. The molecule has 2 rings (SSSR count). The third-order valence-corrected chi connectivity index (χ3v) is 5.28. The molecule has 0 amide bonds. The number of carboxylic acids is 1. The molecule has 21 heavy (non-hydrogen) atoms. The Morgan fingerprint density at radius 1 is 1.52 bits per heavy atom. The van der Waals surface area contributed by atoms with Crippen molar-refractivity contribution in [3.05, 3.63) is 17.5 Å². The van der Waals surface area contributed by atoms with Gasteiger partial charge >= 0.3 is 5.97 Å². The van der Waals surface area contributed by atoms with E-state index >= 15 is 0 Å². The highest BCUT2D eigenvalue weighted by atomic mass is 32.2. The van der Waals surface area contributed by atoms with Crippen molar-refractivity contribution in [3.63, 3.8) is 0 Å². The average Bonchev–Trinajstić information content (AvgIpc) is 2.76. The Labute approximate surface area is 123 Å². The highest BCUT2D eigenvalue weighted by molar-refractivity contribution is 7.88. The lowest BCUT2D eigenvalue weighted by Gasteiger charge is -2.35. The fourth-order valence-corrected chi connectivity index (χ4v) is 4.11. The molecule has 0 unspecified atom stereocenters. The number of rotatable bonds is 5. The number of carboxylic acid groups (broad SMARTS) is 1. The topological polar surface area (TPSA) is 110 Å². The predicted molar refractivity (Wildman–Crippen MR) is 75.0 cm³/mol. The summed E-state index contributed by atoms with van der Waals surface area (Å²) in [6.45, 7) is 3.70. The molecule has 0 bridgehead atoms. The summed E-state index contributed by atoms with van der Waals surface area (Å²) in [6.07, 6.45) is 2.00. The number of hydrogen-bond acceptors (Lipinski definition) is 5. The summed E-state index contributed by atoms with van der Waals surface area (Å²) < 4.78 is 31.6. The molecule has 7 nitrogen and oxygen atoms in total. The molecule has 1 aliphatic rings. The highest BCUT2D eigenvalue weighted by Crippen LogP contribution is 2.33. The molecule has 1 saturated carbocycles. The Hall–Kier alpha value is -1.41. The van der Waals surface area contributed by atoms with Gasteiger partial charge < -0.3 is 9.63 Å². The highest BCUT2D eigenvalue weighted by Gasteiger charge is 2.44. The molecule has 118 valence electrons. The van der Waals surface area contributed by atoms with E-state index in [1.54, 1.807) is 6.92 Å². The molecule has 0 spiro atoms. The van der Waals surface area contributed by atoms with E-state index in [1.807, 2.05) is 6.92 Å². The van der Waals surface area contributed by atoms with Crippen LogP contribution in [0.3, 0.4) is 0 Å². The molecule has 0 aromatic carbocycles. The van der Waals surface area contributed by atoms with Crippen molar-refractivity contribution < 1.29 is 22.8 Å². The van der Waals surface area contributed by atoms with E-state index in [1.165, 1.54) is 6.07 Å². The Morgan fingerprint density at radius 2 is 2.14 bits per heavy atom. The summed E-state index contributed by atoms with van der Waals surface area (Å²) in [5.74, 6) is -0.566. The first-order valence-electron chi connectivity index (χ1n) is 6.90. The third kappa shape index (κ3) is 3.82.